The molecule has 1 aromatic carbocycles. The maximum absolute atomic E-state index is 3.81. The number of nitrogens with one attached hydrogen (secondary N) is 1. The van der Waals surface area contributed by atoms with Crippen molar-refractivity contribution in [2.45, 2.75) is 0 Å². The first-order valence-corrected chi connectivity index (χ1v) is 2.72. The Morgan fingerprint density at radius 3 is 2.80 bits per heavy atom. The van der Waals surface area contributed by atoms with Gasteiger partial charge in [-0.05, 0) is 12.1 Å². The van der Waals surface area contributed by atoms with Crippen molar-refractivity contribution >= 4 is 21.2 Å². The van der Waals surface area contributed by atoms with Gasteiger partial charge >= 0.3 is 10.1 Å². The number of H-pyrrole nitrogens is 1. The van der Waals surface area contributed by atoms with E-state index in [1.165, 1.54) is 0 Å². The van der Waals surface area contributed by atoms with E-state index < -0.39 is 0 Å². The molecule has 10 heavy (non-hydrogen) atoms. The molecule has 0 saturated carbocycles. The Kier molecular flexibility index (Phi) is 1.78. The predicted molar refractivity (Wildman–Crippen MR) is 42.4 cm³/mol. The third-order valence-corrected chi connectivity index (χ3v) is 1.23. The third-order valence-electron chi connectivity index (χ3n) is 1.23. The Labute approximate surface area is 61.7 Å². The molecule has 0 atom stereocenters. The van der Waals surface area contributed by atoms with E-state index in [9.17, 15) is 0 Å². The number of rotatable bonds is 0. The van der Waals surface area contributed by atoms with Crippen LogP contribution in [0.2, 0.25) is 0 Å². The van der Waals surface area contributed by atoms with Gasteiger partial charge in [0.2, 0.25) is 0 Å². The SMILES string of the molecule is [BeH2].c1ccc2[nH]nnc2c1. The molecule has 48 valence electrons. The summed E-state index contributed by atoms with van der Waals surface area (Å²) in [6.45, 7) is 0. The van der Waals surface area contributed by atoms with Gasteiger partial charge in [0.25, 0.3) is 0 Å². The molecule has 0 spiro atoms. The van der Waals surface area contributed by atoms with Gasteiger partial charge in [-0.1, -0.05) is 17.3 Å². The number of para-hydroxylation sites is 1. The third kappa shape index (κ3) is 0.913. The second-order valence-electron chi connectivity index (χ2n) is 1.83. The van der Waals surface area contributed by atoms with Crippen LogP contribution in [0, 0.1) is 0 Å². The van der Waals surface area contributed by atoms with Crippen LogP contribution in [-0.2, 0) is 0 Å². The molecule has 4 heteroatoms. The van der Waals surface area contributed by atoms with Gasteiger partial charge in [0, 0.05) is 0 Å². The molecular weight excluding hydrogens is 123 g/mol. The molecule has 3 nitrogen and oxygen atoms in total. The summed E-state index contributed by atoms with van der Waals surface area (Å²) in [5.41, 5.74) is 1.90. The number of benzene rings is 1. The van der Waals surface area contributed by atoms with Crippen molar-refractivity contribution in [3.8, 4) is 0 Å². The minimum absolute atomic E-state index is 0. The first-order chi connectivity index (χ1) is 4.47. The average molecular weight is 130 g/mol. The van der Waals surface area contributed by atoms with Crippen molar-refractivity contribution in [1.29, 1.82) is 0 Å². The van der Waals surface area contributed by atoms with E-state index in [2.05, 4.69) is 15.4 Å². The van der Waals surface area contributed by atoms with Gasteiger partial charge in [-0.25, -0.2) is 0 Å². The topological polar surface area (TPSA) is 41.6 Å². The van der Waals surface area contributed by atoms with Crippen LogP contribution in [0.25, 0.3) is 11.0 Å². The second kappa shape index (κ2) is 2.58. The van der Waals surface area contributed by atoms with Gasteiger partial charge in [0.05, 0.1) is 5.52 Å². The van der Waals surface area contributed by atoms with E-state index in [4.69, 9.17) is 0 Å². The van der Waals surface area contributed by atoms with Crippen molar-refractivity contribution < 1.29 is 0 Å². The van der Waals surface area contributed by atoms with E-state index in [0.29, 0.717) is 0 Å². The summed E-state index contributed by atoms with van der Waals surface area (Å²) in [7, 11) is 0. The van der Waals surface area contributed by atoms with Gasteiger partial charge in [-0.2, -0.15) is 0 Å². The molecule has 1 heterocycles. The van der Waals surface area contributed by atoms with Crippen molar-refractivity contribution in [2.75, 3.05) is 0 Å². The standard InChI is InChI=1S/C6H5N3.Be.2H/c1-2-4-6-5(3-1)7-9-8-6;;;/h1-4H,(H,7,8,9);;;. The minimum Gasteiger partial charge on any atom is -0.258 e. The predicted octanol–water partition coefficient (Wildman–Crippen LogP) is 0.0417. The van der Waals surface area contributed by atoms with Crippen LogP contribution >= 0.6 is 0 Å². The van der Waals surface area contributed by atoms with Gasteiger partial charge in [-0.15, -0.1) is 5.10 Å². The van der Waals surface area contributed by atoms with E-state index >= 15 is 0 Å². The number of hydrogen-bond acceptors (Lipinski definition) is 2. The molecule has 0 saturated heterocycles. The van der Waals surface area contributed by atoms with Gasteiger partial charge in [0.1, 0.15) is 5.52 Å². The first kappa shape index (κ1) is 6.90. The first-order valence-electron chi connectivity index (χ1n) is 2.72. The summed E-state index contributed by atoms with van der Waals surface area (Å²) in [5, 5.41) is 10.2. The summed E-state index contributed by atoms with van der Waals surface area (Å²) in [5.74, 6) is 0. The number of aromatic amines is 1. The normalized spacial score (nSPS) is 9.20. The van der Waals surface area contributed by atoms with E-state index in [-0.39, 0.29) is 10.1 Å². The Morgan fingerprint density at radius 2 is 2.00 bits per heavy atom. The molecule has 2 aromatic rings. The number of fused-ring (bicyclic) bond motifs is 1. The molecule has 0 amide bonds. The van der Waals surface area contributed by atoms with Gasteiger partial charge in [0.15, 0.2) is 0 Å². The molecule has 0 bridgehead atoms. The molecule has 0 fully saturated rings. The van der Waals surface area contributed by atoms with Crippen LogP contribution in [0.5, 0.6) is 0 Å². The summed E-state index contributed by atoms with van der Waals surface area (Å²) in [6.07, 6.45) is 0. The van der Waals surface area contributed by atoms with Crippen LogP contribution < -0.4 is 0 Å². The quantitative estimate of drug-likeness (QED) is 0.512. The molecule has 0 aliphatic rings. The number of hydrogen-bond donors (Lipinski definition) is 1. The molecule has 1 N–H and O–H groups in total. The monoisotopic (exact) mass is 130 g/mol. The second-order valence-corrected chi connectivity index (χ2v) is 1.83. The fourth-order valence-electron chi connectivity index (χ4n) is 0.788. The number of aromatic nitrogens is 3. The van der Waals surface area contributed by atoms with Crippen LogP contribution in [0.15, 0.2) is 24.3 Å². The van der Waals surface area contributed by atoms with Crippen LogP contribution in [0.1, 0.15) is 0 Å². The fourth-order valence-corrected chi connectivity index (χ4v) is 0.788. The molecule has 0 unspecified atom stereocenters. The molecule has 0 aliphatic heterocycles. The largest absolute Gasteiger partial charge is 0.258 e. The molecule has 0 radical (unpaired) electrons. The van der Waals surface area contributed by atoms with Gasteiger partial charge in [-0.3, -0.25) is 5.10 Å². The molecular formula is C6H7BeN3. The van der Waals surface area contributed by atoms with E-state index in [1.54, 1.807) is 0 Å². The van der Waals surface area contributed by atoms with Crippen LogP contribution in [0.4, 0.5) is 0 Å². The summed E-state index contributed by atoms with van der Waals surface area (Å²) >= 11 is 0. The van der Waals surface area contributed by atoms with Crippen LogP contribution in [0.3, 0.4) is 0 Å². The van der Waals surface area contributed by atoms with Crippen molar-refractivity contribution in [1.82, 2.24) is 15.4 Å². The number of nitrogens with zero attached hydrogens (tertiary/aromatic N) is 2. The Balaban J connectivity index is 0.000000500. The molecule has 1 aromatic heterocycles. The smallest absolute Gasteiger partial charge is 0.112 e. The maximum Gasteiger partial charge on any atom is 0.112 e. The van der Waals surface area contributed by atoms with Gasteiger partial charge < -0.3 is 0 Å². The Hall–Kier alpha value is -1.21. The van der Waals surface area contributed by atoms with E-state index in [0.717, 1.165) is 11.0 Å². The van der Waals surface area contributed by atoms with Crippen molar-refractivity contribution in [3.63, 3.8) is 0 Å². The minimum atomic E-state index is 0. The van der Waals surface area contributed by atoms with Crippen LogP contribution in [-0.4, -0.2) is 25.5 Å². The van der Waals surface area contributed by atoms with Crippen molar-refractivity contribution in [2.24, 2.45) is 0 Å². The zero-order valence-electron chi connectivity index (χ0n) is 4.70. The zero-order chi connectivity index (χ0) is 6.10. The average Bonchev–Trinajstić information content (AvgIpc) is 2.33. The molecule has 2 rings (SSSR count). The zero-order valence-corrected chi connectivity index (χ0v) is 4.70. The molecule has 0 aliphatic carbocycles. The summed E-state index contributed by atoms with van der Waals surface area (Å²) < 4.78 is 0. The Morgan fingerprint density at radius 1 is 1.20 bits per heavy atom. The maximum atomic E-state index is 3.81. The van der Waals surface area contributed by atoms with Crippen molar-refractivity contribution in [3.05, 3.63) is 24.3 Å². The summed E-state index contributed by atoms with van der Waals surface area (Å²) in [6, 6.07) is 7.74. The fraction of sp³-hybridized carbons (Fsp3) is 0. The van der Waals surface area contributed by atoms with E-state index in [1.807, 2.05) is 24.3 Å². The summed E-state index contributed by atoms with van der Waals surface area (Å²) in [4.78, 5) is 0. The Bertz CT molecular complexity index is 287.